The minimum Gasteiger partial charge on any atom is -0.361 e. The van der Waals surface area contributed by atoms with Gasteiger partial charge in [-0.3, -0.25) is 0 Å². The maximum Gasteiger partial charge on any atom is 0.185 e. The maximum absolute atomic E-state index is 13.5. The van der Waals surface area contributed by atoms with Crippen LogP contribution in [0.5, 0.6) is 0 Å². The van der Waals surface area contributed by atoms with Crippen LogP contribution in [0.3, 0.4) is 0 Å². The van der Waals surface area contributed by atoms with Crippen molar-refractivity contribution < 1.29 is 4.39 Å². The summed E-state index contributed by atoms with van der Waals surface area (Å²) in [6.07, 6.45) is 3.43. The van der Waals surface area contributed by atoms with E-state index in [1.54, 1.807) is 12.4 Å². The van der Waals surface area contributed by atoms with Gasteiger partial charge in [-0.2, -0.15) is 0 Å². The number of benzene rings is 1. The van der Waals surface area contributed by atoms with Crippen LogP contribution in [0.1, 0.15) is 12.0 Å². The molecule has 26 heavy (non-hydrogen) atoms. The Morgan fingerprint density at radius 2 is 2.19 bits per heavy atom. The standard InChI is InChI=1S/C18H21FN6S/c1-24(2)8-3-7-20-18-23-15-16(21-11-22-17(15)26-18)25-9-6-12-10-13(19)4-5-14(12)25/h4-5,10-11H,3,6-9H2,1-2H3,(H,20,23). The number of halogens is 1. The summed E-state index contributed by atoms with van der Waals surface area (Å²) in [6.45, 7) is 2.67. The largest absolute Gasteiger partial charge is 0.361 e. The number of hydrogen-bond donors (Lipinski definition) is 1. The average Bonchev–Trinajstić information content (AvgIpc) is 3.21. The molecule has 1 aliphatic heterocycles. The van der Waals surface area contributed by atoms with E-state index in [9.17, 15) is 4.39 Å². The summed E-state index contributed by atoms with van der Waals surface area (Å²) >= 11 is 1.54. The molecule has 3 heterocycles. The van der Waals surface area contributed by atoms with Crippen LogP contribution in [0.15, 0.2) is 24.5 Å². The van der Waals surface area contributed by atoms with Gasteiger partial charge >= 0.3 is 0 Å². The molecule has 1 aliphatic rings. The van der Waals surface area contributed by atoms with E-state index in [-0.39, 0.29) is 5.82 Å². The monoisotopic (exact) mass is 372 g/mol. The lowest BCUT2D eigenvalue weighted by molar-refractivity contribution is 0.405. The molecule has 0 unspecified atom stereocenters. The van der Waals surface area contributed by atoms with Crippen LogP contribution >= 0.6 is 11.3 Å². The Morgan fingerprint density at radius 1 is 1.31 bits per heavy atom. The van der Waals surface area contributed by atoms with E-state index >= 15 is 0 Å². The number of aromatic nitrogens is 3. The normalized spacial score (nSPS) is 13.6. The van der Waals surface area contributed by atoms with Crippen molar-refractivity contribution in [3.05, 3.63) is 35.9 Å². The van der Waals surface area contributed by atoms with E-state index in [2.05, 4.69) is 39.2 Å². The molecule has 6 nitrogen and oxygen atoms in total. The molecule has 1 N–H and O–H groups in total. The molecule has 0 atom stereocenters. The fourth-order valence-electron chi connectivity index (χ4n) is 3.20. The highest BCUT2D eigenvalue weighted by atomic mass is 32.1. The van der Waals surface area contributed by atoms with Crippen LogP contribution in [0.4, 0.5) is 21.0 Å². The van der Waals surface area contributed by atoms with Crippen molar-refractivity contribution in [1.29, 1.82) is 0 Å². The molecule has 0 aliphatic carbocycles. The minimum atomic E-state index is -0.198. The van der Waals surface area contributed by atoms with Crippen LogP contribution in [0, 0.1) is 5.82 Å². The van der Waals surface area contributed by atoms with Gasteiger partial charge in [0.25, 0.3) is 0 Å². The van der Waals surface area contributed by atoms with Gasteiger partial charge in [0, 0.05) is 18.8 Å². The van der Waals surface area contributed by atoms with E-state index in [1.807, 2.05) is 6.07 Å². The number of thiazole rings is 1. The van der Waals surface area contributed by atoms with Crippen molar-refractivity contribution in [3.8, 4) is 0 Å². The van der Waals surface area contributed by atoms with Crippen molar-refractivity contribution in [1.82, 2.24) is 19.9 Å². The molecule has 136 valence electrons. The second-order valence-electron chi connectivity index (χ2n) is 6.63. The van der Waals surface area contributed by atoms with Gasteiger partial charge in [0.1, 0.15) is 17.7 Å². The van der Waals surface area contributed by atoms with Gasteiger partial charge < -0.3 is 15.1 Å². The second-order valence-corrected chi connectivity index (χ2v) is 7.61. The molecule has 8 heteroatoms. The predicted molar refractivity (Wildman–Crippen MR) is 104 cm³/mol. The highest BCUT2D eigenvalue weighted by Crippen LogP contribution is 2.38. The summed E-state index contributed by atoms with van der Waals surface area (Å²) in [6, 6.07) is 4.92. The molecule has 3 aromatic rings. The van der Waals surface area contributed by atoms with Crippen LogP contribution in [-0.2, 0) is 6.42 Å². The predicted octanol–water partition coefficient (Wildman–Crippen LogP) is 3.28. The summed E-state index contributed by atoms with van der Waals surface area (Å²) < 4.78 is 13.5. The lowest BCUT2D eigenvalue weighted by Gasteiger charge is -2.18. The lowest BCUT2D eigenvalue weighted by atomic mass is 10.2. The highest BCUT2D eigenvalue weighted by Gasteiger charge is 2.25. The fraction of sp³-hybridized carbons (Fsp3) is 0.389. The van der Waals surface area contributed by atoms with Crippen molar-refractivity contribution in [2.75, 3.05) is 43.9 Å². The first kappa shape index (κ1) is 17.1. The second kappa shape index (κ2) is 7.13. The number of hydrogen-bond acceptors (Lipinski definition) is 7. The zero-order valence-corrected chi connectivity index (χ0v) is 15.7. The third kappa shape index (κ3) is 3.34. The van der Waals surface area contributed by atoms with E-state index in [0.717, 1.165) is 65.0 Å². The Morgan fingerprint density at radius 3 is 3.04 bits per heavy atom. The Kier molecular flexibility index (Phi) is 4.69. The summed E-state index contributed by atoms with van der Waals surface area (Å²) in [7, 11) is 4.14. The van der Waals surface area contributed by atoms with Crippen LogP contribution in [0.25, 0.3) is 10.3 Å². The van der Waals surface area contributed by atoms with Crippen molar-refractivity contribution in [2.24, 2.45) is 0 Å². The average molecular weight is 372 g/mol. The summed E-state index contributed by atoms with van der Waals surface area (Å²) in [5, 5.41) is 4.24. The number of nitrogens with zero attached hydrogens (tertiary/aromatic N) is 5. The Bertz CT molecular complexity index is 925. The van der Waals surface area contributed by atoms with Crippen LogP contribution in [-0.4, -0.2) is 53.6 Å². The van der Waals surface area contributed by atoms with Gasteiger partial charge in [0.2, 0.25) is 0 Å². The van der Waals surface area contributed by atoms with Gasteiger partial charge in [-0.05, 0) is 57.2 Å². The van der Waals surface area contributed by atoms with Crippen LogP contribution in [0.2, 0.25) is 0 Å². The molecule has 2 aromatic heterocycles. The number of anilines is 3. The number of nitrogens with one attached hydrogen (secondary N) is 1. The summed E-state index contributed by atoms with van der Waals surface area (Å²) in [5.41, 5.74) is 2.80. The van der Waals surface area contributed by atoms with E-state index < -0.39 is 0 Å². The molecule has 0 amide bonds. The first-order valence-corrected chi connectivity index (χ1v) is 9.49. The third-order valence-electron chi connectivity index (χ3n) is 4.43. The lowest BCUT2D eigenvalue weighted by Crippen LogP contribution is -2.16. The SMILES string of the molecule is CN(C)CCCNc1nc2c(N3CCc4cc(F)ccc43)ncnc2s1. The van der Waals surface area contributed by atoms with Crippen LogP contribution < -0.4 is 10.2 Å². The molecule has 1 aromatic carbocycles. The van der Waals surface area contributed by atoms with Gasteiger partial charge in [-0.25, -0.2) is 19.3 Å². The van der Waals surface area contributed by atoms with Gasteiger partial charge in [0.15, 0.2) is 15.8 Å². The topological polar surface area (TPSA) is 57.2 Å². The third-order valence-corrected chi connectivity index (χ3v) is 5.35. The number of rotatable bonds is 6. The number of fused-ring (bicyclic) bond motifs is 2. The molecular formula is C18H21FN6S. The van der Waals surface area contributed by atoms with Gasteiger partial charge in [-0.15, -0.1) is 0 Å². The summed E-state index contributed by atoms with van der Waals surface area (Å²) in [5.74, 6) is 0.592. The molecule has 0 saturated heterocycles. The molecular weight excluding hydrogens is 351 g/mol. The first-order valence-electron chi connectivity index (χ1n) is 8.68. The Hall–Kier alpha value is -2.32. The van der Waals surface area contributed by atoms with E-state index in [4.69, 9.17) is 4.98 Å². The summed E-state index contributed by atoms with van der Waals surface area (Å²) in [4.78, 5) is 18.7. The zero-order valence-electron chi connectivity index (χ0n) is 14.9. The van der Waals surface area contributed by atoms with E-state index in [0.29, 0.717) is 0 Å². The quantitative estimate of drug-likeness (QED) is 0.670. The molecule has 0 fully saturated rings. The van der Waals surface area contributed by atoms with Gasteiger partial charge in [0.05, 0.1) is 0 Å². The zero-order chi connectivity index (χ0) is 18.1. The smallest absolute Gasteiger partial charge is 0.185 e. The van der Waals surface area contributed by atoms with Crippen molar-refractivity contribution >= 4 is 38.3 Å². The van der Waals surface area contributed by atoms with Crippen molar-refractivity contribution in [2.45, 2.75) is 12.8 Å². The highest BCUT2D eigenvalue weighted by molar-refractivity contribution is 7.21. The molecule has 0 bridgehead atoms. The molecule has 4 rings (SSSR count). The van der Waals surface area contributed by atoms with E-state index in [1.165, 1.54) is 17.4 Å². The fourth-order valence-corrected chi connectivity index (χ4v) is 4.02. The molecule has 0 spiro atoms. The minimum absolute atomic E-state index is 0.198. The maximum atomic E-state index is 13.5. The Balaban J connectivity index is 1.59. The van der Waals surface area contributed by atoms with Crippen molar-refractivity contribution in [3.63, 3.8) is 0 Å². The molecule has 0 radical (unpaired) electrons. The molecule has 0 saturated carbocycles. The Labute approximate surface area is 155 Å². The van der Waals surface area contributed by atoms with Gasteiger partial charge in [-0.1, -0.05) is 11.3 Å². The first-order chi connectivity index (χ1) is 12.6.